The number of hydrogen-bond acceptors (Lipinski definition) is 6. The van der Waals surface area contributed by atoms with Crippen LogP contribution in [0, 0.1) is 6.92 Å². The molecule has 2 heterocycles. The Morgan fingerprint density at radius 1 is 1.00 bits per heavy atom. The second-order valence-corrected chi connectivity index (χ2v) is 9.53. The molecule has 2 aromatic carbocycles. The van der Waals surface area contributed by atoms with Crippen molar-refractivity contribution in [1.82, 2.24) is 25.0 Å². The highest BCUT2D eigenvalue weighted by Gasteiger charge is 2.24. The van der Waals surface area contributed by atoms with E-state index < -0.39 is 0 Å². The van der Waals surface area contributed by atoms with Gasteiger partial charge in [-0.2, -0.15) is 0 Å². The van der Waals surface area contributed by atoms with E-state index >= 15 is 0 Å². The molecule has 1 aromatic heterocycles. The normalized spacial score (nSPS) is 14.6. The van der Waals surface area contributed by atoms with Crippen LogP contribution in [0.4, 0.5) is 5.69 Å². The zero-order chi connectivity index (χ0) is 24.8. The van der Waals surface area contributed by atoms with Crippen molar-refractivity contribution < 1.29 is 9.59 Å². The minimum atomic E-state index is -0.314. The van der Waals surface area contributed by atoms with Gasteiger partial charge < -0.3 is 19.7 Å². The van der Waals surface area contributed by atoms with Gasteiger partial charge >= 0.3 is 0 Å². The molecule has 0 aliphatic carbocycles. The molecule has 1 aliphatic heterocycles. The molecule has 0 bridgehead atoms. The molecule has 0 radical (unpaired) electrons. The van der Waals surface area contributed by atoms with Crippen molar-refractivity contribution in [2.75, 3.05) is 36.8 Å². The molecule has 1 aliphatic rings. The first-order valence-electron chi connectivity index (χ1n) is 12.0. The average Bonchev–Trinajstić information content (AvgIpc) is 3.31. The van der Waals surface area contributed by atoms with E-state index in [1.54, 1.807) is 0 Å². The highest BCUT2D eigenvalue weighted by atomic mass is 32.2. The van der Waals surface area contributed by atoms with Crippen molar-refractivity contribution in [1.29, 1.82) is 0 Å². The maximum atomic E-state index is 12.9. The number of aromatic nitrogens is 3. The lowest BCUT2D eigenvalue weighted by Crippen LogP contribution is -2.49. The van der Waals surface area contributed by atoms with Crippen molar-refractivity contribution in [2.45, 2.75) is 38.5 Å². The lowest BCUT2D eigenvalue weighted by molar-refractivity contribution is -0.128. The van der Waals surface area contributed by atoms with Crippen LogP contribution in [-0.2, 0) is 11.3 Å². The highest BCUT2D eigenvalue weighted by Crippen LogP contribution is 2.22. The number of piperazine rings is 1. The largest absolute Gasteiger partial charge is 0.368 e. The third kappa shape index (κ3) is 5.85. The van der Waals surface area contributed by atoms with E-state index in [0.717, 1.165) is 18.7 Å². The molecular weight excluding hydrogens is 460 g/mol. The molecule has 9 heteroatoms. The number of benzene rings is 2. The maximum Gasteiger partial charge on any atom is 0.252 e. The molecule has 2 amide bonds. The van der Waals surface area contributed by atoms with Crippen LogP contribution in [0.1, 0.15) is 41.6 Å². The molecule has 3 aromatic rings. The molecular formula is C26H32N6O2S. The quantitative estimate of drug-likeness (QED) is 0.485. The summed E-state index contributed by atoms with van der Waals surface area (Å²) in [4.78, 5) is 29.8. The zero-order valence-electron chi connectivity index (χ0n) is 20.5. The maximum absolute atomic E-state index is 12.9. The molecule has 184 valence electrons. The van der Waals surface area contributed by atoms with Crippen molar-refractivity contribution >= 4 is 29.3 Å². The third-order valence-electron chi connectivity index (χ3n) is 6.26. The summed E-state index contributed by atoms with van der Waals surface area (Å²) in [7, 11) is 0. The average molecular weight is 493 g/mol. The van der Waals surface area contributed by atoms with Gasteiger partial charge in [0.25, 0.3) is 5.91 Å². The van der Waals surface area contributed by atoms with Crippen LogP contribution >= 0.6 is 11.8 Å². The number of nitrogens with one attached hydrogen (secondary N) is 1. The van der Waals surface area contributed by atoms with E-state index in [1.165, 1.54) is 17.4 Å². The number of hydrogen-bond donors (Lipinski definition) is 1. The monoisotopic (exact) mass is 492 g/mol. The molecule has 1 fully saturated rings. The number of nitrogens with zero attached hydrogens (tertiary/aromatic N) is 5. The van der Waals surface area contributed by atoms with Crippen LogP contribution in [-0.4, -0.2) is 63.4 Å². The van der Waals surface area contributed by atoms with Crippen LogP contribution in [0.3, 0.4) is 0 Å². The van der Waals surface area contributed by atoms with Gasteiger partial charge in [-0.15, -0.1) is 10.2 Å². The standard InChI is InChI=1S/C26H32N6O2S/c1-4-32-24(20(3)27-25(34)22-13-9-8-10-19(22)2)28-29-26(32)35-18-23(33)31-16-14-30(15-17-31)21-11-6-5-7-12-21/h5-13,20H,4,14-18H2,1-3H3,(H,27,34)/t20-/m1/s1. The Balaban J connectivity index is 1.32. The molecule has 0 saturated carbocycles. The molecule has 0 unspecified atom stereocenters. The topological polar surface area (TPSA) is 83.4 Å². The molecule has 8 nitrogen and oxygen atoms in total. The predicted molar refractivity (Wildman–Crippen MR) is 139 cm³/mol. The lowest BCUT2D eigenvalue weighted by Gasteiger charge is -2.36. The number of aryl methyl sites for hydroxylation is 1. The number of rotatable bonds is 8. The second kappa shape index (κ2) is 11.4. The Morgan fingerprint density at radius 2 is 1.69 bits per heavy atom. The summed E-state index contributed by atoms with van der Waals surface area (Å²) < 4.78 is 1.97. The van der Waals surface area contributed by atoms with E-state index in [9.17, 15) is 9.59 Å². The number of carbonyl (C=O) groups excluding carboxylic acids is 2. The van der Waals surface area contributed by atoms with Gasteiger partial charge in [-0.05, 0) is 44.5 Å². The van der Waals surface area contributed by atoms with Crippen LogP contribution in [0.5, 0.6) is 0 Å². The molecule has 1 N–H and O–H groups in total. The summed E-state index contributed by atoms with van der Waals surface area (Å²) in [6.07, 6.45) is 0. The molecule has 1 atom stereocenters. The van der Waals surface area contributed by atoms with E-state index in [-0.39, 0.29) is 17.9 Å². The fourth-order valence-corrected chi connectivity index (χ4v) is 5.17. The number of thioether (sulfide) groups is 1. The van der Waals surface area contributed by atoms with E-state index in [4.69, 9.17) is 0 Å². The van der Waals surface area contributed by atoms with Crippen molar-refractivity contribution in [3.63, 3.8) is 0 Å². The Hall–Kier alpha value is -3.33. The van der Waals surface area contributed by atoms with Crippen LogP contribution < -0.4 is 10.2 Å². The summed E-state index contributed by atoms with van der Waals surface area (Å²) in [5.74, 6) is 0.963. The fourth-order valence-electron chi connectivity index (χ4n) is 4.26. The minimum absolute atomic E-state index is 0.107. The van der Waals surface area contributed by atoms with Gasteiger partial charge in [0.05, 0.1) is 11.8 Å². The number of anilines is 1. The SMILES string of the molecule is CCn1c(SCC(=O)N2CCN(c3ccccc3)CC2)nnc1[C@@H](C)NC(=O)c1ccccc1C. The Labute approximate surface area is 210 Å². The van der Waals surface area contributed by atoms with Gasteiger partial charge in [-0.1, -0.05) is 48.2 Å². The molecule has 1 saturated heterocycles. The lowest BCUT2D eigenvalue weighted by atomic mass is 10.1. The Kier molecular flexibility index (Phi) is 8.07. The molecule has 35 heavy (non-hydrogen) atoms. The van der Waals surface area contributed by atoms with Gasteiger partial charge in [0.1, 0.15) is 0 Å². The zero-order valence-corrected chi connectivity index (χ0v) is 21.3. The van der Waals surface area contributed by atoms with Crippen LogP contribution in [0.25, 0.3) is 0 Å². The number of amides is 2. The summed E-state index contributed by atoms with van der Waals surface area (Å²) in [5.41, 5.74) is 2.77. The Morgan fingerprint density at radius 3 is 2.37 bits per heavy atom. The predicted octanol–water partition coefficient (Wildman–Crippen LogP) is 3.54. The van der Waals surface area contributed by atoms with Gasteiger partial charge in [0.2, 0.25) is 5.91 Å². The van der Waals surface area contributed by atoms with Gasteiger partial charge in [0.15, 0.2) is 11.0 Å². The van der Waals surface area contributed by atoms with Crippen LogP contribution in [0.15, 0.2) is 59.8 Å². The first-order chi connectivity index (χ1) is 17.0. The second-order valence-electron chi connectivity index (χ2n) is 8.59. The molecule has 4 rings (SSSR count). The smallest absolute Gasteiger partial charge is 0.252 e. The third-order valence-corrected chi connectivity index (χ3v) is 7.22. The first-order valence-corrected chi connectivity index (χ1v) is 13.0. The van der Waals surface area contributed by atoms with E-state index in [0.29, 0.717) is 41.9 Å². The summed E-state index contributed by atoms with van der Waals surface area (Å²) >= 11 is 1.40. The van der Waals surface area contributed by atoms with Gasteiger partial charge in [0, 0.05) is 44.0 Å². The summed E-state index contributed by atoms with van der Waals surface area (Å²) in [6, 6.07) is 17.5. The minimum Gasteiger partial charge on any atom is -0.368 e. The van der Waals surface area contributed by atoms with E-state index in [2.05, 4.69) is 32.5 Å². The molecule has 0 spiro atoms. The van der Waals surface area contributed by atoms with E-state index in [1.807, 2.05) is 72.7 Å². The van der Waals surface area contributed by atoms with Crippen molar-refractivity contribution in [2.24, 2.45) is 0 Å². The van der Waals surface area contributed by atoms with Crippen LogP contribution in [0.2, 0.25) is 0 Å². The summed E-state index contributed by atoms with van der Waals surface area (Å²) in [6.45, 7) is 9.56. The van der Waals surface area contributed by atoms with Crippen molar-refractivity contribution in [3.05, 3.63) is 71.5 Å². The first kappa shape index (κ1) is 24.8. The highest BCUT2D eigenvalue weighted by molar-refractivity contribution is 7.99. The Bertz CT molecular complexity index is 1160. The van der Waals surface area contributed by atoms with Gasteiger partial charge in [-0.25, -0.2) is 0 Å². The fraction of sp³-hybridized carbons (Fsp3) is 0.385. The number of para-hydroxylation sites is 1. The van der Waals surface area contributed by atoms with Crippen molar-refractivity contribution in [3.8, 4) is 0 Å². The van der Waals surface area contributed by atoms with Gasteiger partial charge in [-0.3, -0.25) is 9.59 Å². The number of carbonyl (C=O) groups is 2. The summed E-state index contributed by atoms with van der Waals surface area (Å²) in [5, 5.41) is 12.4.